The Labute approximate surface area is 110 Å². The maximum Gasteiger partial charge on any atom is 0.253 e. The van der Waals surface area contributed by atoms with Crippen molar-refractivity contribution in [1.82, 2.24) is 14.9 Å². The van der Waals surface area contributed by atoms with Crippen LogP contribution in [0.15, 0.2) is 30.6 Å². The third-order valence-electron chi connectivity index (χ3n) is 3.32. The fourth-order valence-electron chi connectivity index (χ4n) is 2.24. The van der Waals surface area contributed by atoms with Crippen LogP contribution in [0, 0.1) is 0 Å². The Hall–Kier alpha value is -2.30. The molecule has 0 aliphatic carbocycles. The quantitative estimate of drug-likeness (QED) is 0.773. The standard InChI is InChI=1S/C14H13N3O2/c18-11-3-7-17(8-4-11)14(19)10-1-2-12-13(9-10)16-6-5-15-12/h1-2,5-6,9H,3-4,7-8H2. The first-order chi connectivity index (χ1) is 9.24. The summed E-state index contributed by atoms with van der Waals surface area (Å²) in [6.45, 7) is 1.02. The third-order valence-corrected chi connectivity index (χ3v) is 3.32. The van der Waals surface area contributed by atoms with Crippen LogP contribution in [0.3, 0.4) is 0 Å². The van der Waals surface area contributed by atoms with Crippen LogP contribution in [0.2, 0.25) is 0 Å². The van der Waals surface area contributed by atoms with Gasteiger partial charge in [0.15, 0.2) is 0 Å². The summed E-state index contributed by atoms with van der Waals surface area (Å²) in [7, 11) is 0. The topological polar surface area (TPSA) is 63.2 Å². The van der Waals surface area contributed by atoms with Crippen molar-refractivity contribution in [3.8, 4) is 0 Å². The zero-order chi connectivity index (χ0) is 13.2. The number of fused-ring (bicyclic) bond motifs is 1. The fraction of sp³-hybridized carbons (Fsp3) is 0.286. The molecule has 0 atom stereocenters. The normalized spacial score (nSPS) is 15.8. The number of carbonyl (C=O) groups excluding carboxylic acids is 2. The zero-order valence-corrected chi connectivity index (χ0v) is 10.4. The second-order valence-electron chi connectivity index (χ2n) is 4.59. The molecule has 1 amide bonds. The van der Waals surface area contributed by atoms with Gasteiger partial charge in [0.05, 0.1) is 11.0 Å². The van der Waals surface area contributed by atoms with E-state index in [4.69, 9.17) is 0 Å². The number of aromatic nitrogens is 2. The number of hydrogen-bond acceptors (Lipinski definition) is 4. The van der Waals surface area contributed by atoms with Gasteiger partial charge in [0.25, 0.3) is 5.91 Å². The summed E-state index contributed by atoms with van der Waals surface area (Å²) in [4.78, 5) is 33.6. The minimum Gasteiger partial charge on any atom is -0.338 e. The molecular weight excluding hydrogens is 242 g/mol. The van der Waals surface area contributed by atoms with E-state index in [1.807, 2.05) is 0 Å². The number of benzene rings is 1. The van der Waals surface area contributed by atoms with Crippen molar-refractivity contribution in [1.29, 1.82) is 0 Å². The van der Waals surface area contributed by atoms with Crippen LogP contribution >= 0.6 is 0 Å². The van der Waals surface area contributed by atoms with E-state index < -0.39 is 0 Å². The van der Waals surface area contributed by atoms with Crippen molar-refractivity contribution >= 4 is 22.7 Å². The van der Waals surface area contributed by atoms with Gasteiger partial charge in [0.1, 0.15) is 5.78 Å². The van der Waals surface area contributed by atoms with Crippen LogP contribution in [0.1, 0.15) is 23.2 Å². The van der Waals surface area contributed by atoms with Crippen LogP contribution in [0.5, 0.6) is 0 Å². The molecule has 1 aromatic heterocycles. The molecule has 5 heteroatoms. The van der Waals surface area contributed by atoms with Crippen LogP contribution in [0.25, 0.3) is 11.0 Å². The lowest BCUT2D eigenvalue weighted by atomic mass is 10.1. The van der Waals surface area contributed by atoms with Crippen molar-refractivity contribution in [2.24, 2.45) is 0 Å². The van der Waals surface area contributed by atoms with E-state index in [9.17, 15) is 9.59 Å². The zero-order valence-electron chi connectivity index (χ0n) is 10.4. The SMILES string of the molecule is O=C1CCN(C(=O)c2ccc3nccnc3c2)CC1. The van der Waals surface area contributed by atoms with E-state index in [1.165, 1.54) is 0 Å². The molecule has 3 rings (SSSR count). The lowest BCUT2D eigenvalue weighted by molar-refractivity contribution is -0.120. The van der Waals surface area contributed by atoms with Crippen LogP contribution in [-0.2, 0) is 4.79 Å². The minimum absolute atomic E-state index is 0.0416. The number of piperidine rings is 1. The molecule has 96 valence electrons. The lowest BCUT2D eigenvalue weighted by Gasteiger charge is -2.26. The van der Waals surface area contributed by atoms with Crippen molar-refractivity contribution in [3.05, 3.63) is 36.2 Å². The van der Waals surface area contributed by atoms with Gasteiger partial charge in [-0.05, 0) is 18.2 Å². The van der Waals surface area contributed by atoms with Gasteiger partial charge in [-0.3, -0.25) is 19.6 Å². The first kappa shape index (κ1) is 11.8. The number of amides is 1. The van der Waals surface area contributed by atoms with Crippen molar-refractivity contribution in [3.63, 3.8) is 0 Å². The molecule has 19 heavy (non-hydrogen) atoms. The maximum absolute atomic E-state index is 12.3. The average Bonchev–Trinajstić information content (AvgIpc) is 2.47. The highest BCUT2D eigenvalue weighted by atomic mass is 16.2. The Bertz CT molecular complexity index is 644. The monoisotopic (exact) mass is 255 g/mol. The Balaban J connectivity index is 1.87. The van der Waals surface area contributed by atoms with E-state index in [2.05, 4.69) is 9.97 Å². The summed E-state index contributed by atoms with van der Waals surface area (Å²) in [5, 5.41) is 0. The van der Waals surface area contributed by atoms with Crippen LogP contribution in [-0.4, -0.2) is 39.6 Å². The number of hydrogen-bond donors (Lipinski definition) is 0. The van der Waals surface area contributed by atoms with Crippen LogP contribution < -0.4 is 0 Å². The van der Waals surface area contributed by atoms with Gasteiger partial charge in [-0.25, -0.2) is 0 Å². The largest absolute Gasteiger partial charge is 0.338 e. The predicted molar refractivity (Wildman–Crippen MR) is 69.7 cm³/mol. The Kier molecular flexibility index (Phi) is 2.95. The molecule has 1 aromatic carbocycles. The van der Waals surface area contributed by atoms with E-state index >= 15 is 0 Å². The van der Waals surface area contributed by atoms with E-state index in [-0.39, 0.29) is 11.7 Å². The second kappa shape index (κ2) is 4.76. The smallest absolute Gasteiger partial charge is 0.253 e. The highest BCUT2D eigenvalue weighted by molar-refractivity contribution is 5.98. The highest BCUT2D eigenvalue weighted by Crippen LogP contribution is 2.15. The van der Waals surface area contributed by atoms with Gasteiger partial charge >= 0.3 is 0 Å². The first-order valence-corrected chi connectivity index (χ1v) is 6.26. The van der Waals surface area contributed by atoms with Gasteiger partial charge in [0, 0.05) is 43.9 Å². The van der Waals surface area contributed by atoms with Crippen molar-refractivity contribution in [2.45, 2.75) is 12.8 Å². The fourth-order valence-corrected chi connectivity index (χ4v) is 2.24. The maximum atomic E-state index is 12.3. The summed E-state index contributed by atoms with van der Waals surface area (Å²) >= 11 is 0. The van der Waals surface area contributed by atoms with Gasteiger partial charge in [-0.1, -0.05) is 0 Å². The third kappa shape index (κ3) is 2.31. The van der Waals surface area contributed by atoms with E-state index in [1.54, 1.807) is 35.5 Å². The number of likely N-dealkylation sites (tertiary alicyclic amines) is 1. The molecule has 0 N–H and O–H groups in total. The minimum atomic E-state index is -0.0416. The molecular formula is C14H13N3O2. The number of nitrogens with zero attached hydrogens (tertiary/aromatic N) is 3. The summed E-state index contributed by atoms with van der Waals surface area (Å²) in [6.07, 6.45) is 4.15. The molecule has 2 heterocycles. The van der Waals surface area contributed by atoms with Gasteiger partial charge in [0.2, 0.25) is 0 Å². The van der Waals surface area contributed by atoms with Gasteiger partial charge < -0.3 is 4.90 Å². The molecule has 1 aliphatic rings. The molecule has 0 unspecified atom stereocenters. The number of Topliss-reactive ketones (excluding diaryl/α,β-unsaturated/α-hetero) is 1. The van der Waals surface area contributed by atoms with Gasteiger partial charge in [-0.15, -0.1) is 0 Å². The van der Waals surface area contributed by atoms with Crippen LogP contribution in [0.4, 0.5) is 0 Å². The molecule has 1 fully saturated rings. The molecule has 1 aliphatic heterocycles. The molecule has 0 bridgehead atoms. The summed E-state index contributed by atoms with van der Waals surface area (Å²) in [5.41, 5.74) is 2.08. The lowest BCUT2D eigenvalue weighted by Crippen LogP contribution is -2.38. The summed E-state index contributed by atoms with van der Waals surface area (Å²) < 4.78 is 0. The molecule has 0 saturated carbocycles. The molecule has 2 aromatic rings. The summed E-state index contributed by atoms with van der Waals surface area (Å²) in [6, 6.07) is 5.31. The van der Waals surface area contributed by atoms with Crippen molar-refractivity contribution < 1.29 is 9.59 Å². The molecule has 0 radical (unpaired) electrons. The first-order valence-electron chi connectivity index (χ1n) is 6.26. The van der Waals surface area contributed by atoms with E-state index in [0.29, 0.717) is 37.0 Å². The number of carbonyl (C=O) groups is 2. The van der Waals surface area contributed by atoms with Gasteiger partial charge in [-0.2, -0.15) is 0 Å². The summed E-state index contributed by atoms with van der Waals surface area (Å²) in [5.74, 6) is 0.188. The highest BCUT2D eigenvalue weighted by Gasteiger charge is 2.21. The Morgan fingerprint density at radius 3 is 2.47 bits per heavy atom. The van der Waals surface area contributed by atoms with Crippen molar-refractivity contribution in [2.75, 3.05) is 13.1 Å². The Morgan fingerprint density at radius 1 is 1.05 bits per heavy atom. The second-order valence-corrected chi connectivity index (χ2v) is 4.59. The van der Waals surface area contributed by atoms with E-state index in [0.717, 1.165) is 5.52 Å². The average molecular weight is 255 g/mol. The molecule has 0 spiro atoms. The molecule has 5 nitrogen and oxygen atoms in total. The molecule has 1 saturated heterocycles. The number of ketones is 1. The predicted octanol–water partition coefficient (Wildman–Crippen LogP) is 1.43. The Morgan fingerprint density at radius 2 is 1.74 bits per heavy atom. The number of rotatable bonds is 1.